The number of ether oxygens (including phenoxy) is 2. The molecule has 4 rings (SSSR count). The number of carbonyl (C=O) groups is 2. The van der Waals surface area contributed by atoms with Crippen molar-refractivity contribution in [3.8, 4) is 11.5 Å². The molecule has 0 saturated carbocycles. The number of amides is 1. The minimum atomic E-state index is -0.277. The smallest absolute Gasteiger partial charge is 0.219 e. The van der Waals surface area contributed by atoms with Crippen molar-refractivity contribution in [1.29, 1.82) is 0 Å². The molecule has 198 valence electrons. The Morgan fingerprint density at radius 3 is 2.37 bits per heavy atom. The summed E-state index contributed by atoms with van der Waals surface area (Å²) in [5.41, 5.74) is 1.88. The number of rotatable bonds is 13. The first-order chi connectivity index (χ1) is 18.5. The summed E-state index contributed by atoms with van der Waals surface area (Å²) in [7, 11) is 3.45. The van der Waals surface area contributed by atoms with Crippen molar-refractivity contribution >= 4 is 33.2 Å². The van der Waals surface area contributed by atoms with Crippen LogP contribution in [0.1, 0.15) is 42.1 Å². The third-order valence-corrected chi connectivity index (χ3v) is 6.85. The average molecular weight is 513 g/mol. The fourth-order valence-corrected chi connectivity index (χ4v) is 4.62. The summed E-state index contributed by atoms with van der Waals surface area (Å²) in [5, 5.41) is 9.85. The Hall–Kier alpha value is -3.90. The van der Waals surface area contributed by atoms with Gasteiger partial charge in [-0.1, -0.05) is 54.6 Å². The number of ketones is 1. The van der Waals surface area contributed by atoms with Gasteiger partial charge < -0.3 is 20.1 Å². The van der Waals surface area contributed by atoms with Crippen LogP contribution >= 0.6 is 0 Å². The van der Waals surface area contributed by atoms with Crippen molar-refractivity contribution in [2.45, 2.75) is 38.6 Å². The zero-order chi connectivity index (χ0) is 26.9. The molecule has 4 aromatic rings. The molecule has 38 heavy (non-hydrogen) atoms. The van der Waals surface area contributed by atoms with Crippen LogP contribution < -0.4 is 20.1 Å². The van der Waals surface area contributed by atoms with Gasteiger partial charge in [0.25, 0.3) is 0 Å². The Morgan fingerprint density at radius 2 is 1.58 bits per heavy atom. The molecule has 0 saturated heterocycles. The summed E-state index contributed by atoms with van der Waals surface area (Å²) in [5.74, 6) is 1.63. The predicted molar refractivity (Wildman–Crippen MR) is 153 cm³/mol. The maximum absolute atomic E-state index is 12.9. The Labute approximate surface area is 224 Å². The zero-order valence-corrected chi connectivity index (χ0v) is 22.4. The molecule has 1 unspecified atom stereocenters. The Kier molecular flexibility index (Phi) is 9.33. The van der Waals surface area contributed by atoms with Gasteiger partial charge in [-0.25, -0.2) is 0 Å². The fraction of sp³-hybridized carbons (Fsp3) is 0.312. The summed E-state index contributed by atoms with van der Waals surface area (Å²) < 4.78 is 12.2. The van der Waals surface area contributed by atoms with Gasteiger partial charge in [-0.15, -0.1) is 0 Å². The number of hydrogen-bond donors (Lipinski definition) is 2. The topological polar surface area (TPSA) is 76.7 Å². The highest BCUT2D eigenvalue weighted by molar-refractivity contribution is 6.12. The molecule has 6 heteroatoms. The standard InChI is InChI=1S/C32H36N2O4/c1-22(33-2)32(36)27-14-5-12-25-13-6-15-29(31(25)27)38-20-8-19-37-26-18-17-24-10-4-9-23(28(24)21-26)11-7-16-30(35)34-3/h4-6,9-10,12-15,17-18,21-22,33H,7-8,11,16,19-20H2,1-3H3,(H,34,35). The number of benzene rings is 4. The summed E-state index contributed by atoms with van der Waals surface area (Å²) in [4.78, 5) is 24.5. The fourth-order valence-electron chi connectivity index (χ4n) is 4.62. The summed E-state index contributed by atoms with van der Waals surface area (Å²) in [6.45, 7) is 2.85. The van der Waals surface area contributed by atoms with Crippen molar-refractivity contribution in [3.05, 3.63) is 83.9 Å². The van der Waals surface area contributed by atoms with Crippen molar-refractivity contribution in [3.63, 3.8) is 0 Å². The van der Waals surface area contributed by atoms with Gasteiger partial charge in [-0.05, 0) is 66.7 Å². The SMILES string of the molecule is CNC(=O)CCCc1cccc2ccc(OCCCOc3cccc4cccc(C(=O)C(C)NC)c34)cc12. The van der Waals surface area contributed by atoms with Gasteiger partial charge in [0, 0.05) is 30.8 Å². The quantitative estimate of drug-likeness (QED) is 0.178. The molecule has 1 atom stereocenters. The molecule has 0 aliphatic carbocycles. The largest absolute Gasteiger partial charge is 0.493 e. The van der Waals surface area contributed by atoms with Crippen LogP contribution in [0.25, 0.3) is 21.5 Å². The minimum Gasteiger partial charge on any atom is -0.493 e. The molecule has 0 fully saturated rings. The van der Waals surface area contributed by atoms with E-state index in [2.05, 4.69) is 41.0 Å². The van der Waals surface area contributed by atoms with Gasteiger partial charge >= 0.3 is 0 Å². The van der Waals surface area contributed by atoms with Crippen LogP contribution in [0.3, 0.4) is 0 Å². The molecule has 0 heterocycles. The summed E-state index contributed by atoms with van der Waals surface area (Å²) in [6.07, 6.45) is 2.86. The van der Waals surface area contributed by atoms with Gasteiger partial charge in [-0.3, -0.25) is 9.59 Å². The number of hydrogen-bond acceptors (Lipinski definition) is 5. The number of likely N-dealkylation sites (N-methyl/N-ethyl adjacent to an activating group) is 1. The van der Waals surface area contributed by atoms with E-state index in [0.717, 1.165) is 40.1 Å². The molecule has 1 amide bonds. The van der Waals surface area contributed by atoms with E-state index in [0.29, 0.717) is 37.4 Å². The van der Waals surface area contributed by atoms with E-state index in [4.69, 9.17) is 9.47 Å². The van der Waals surface area contributed by atoms with Gasteiger partial charge in [0.1, 0.15) is 11.5 Å². The first kappa shape index (κ1) is 27.1. The molecule has 0 radical (unpaired) electrons. The van der Waals surface area contributed by atoms with Crippen LogP contribution in [0.15, 0.2) is 72.8 Å². The molecule has 4 aromatic carbocycles. The van der Waals surface area contributed by atoms with E-state index in [9.17, 15) is 9.59 Å². The van der Waals surface area contributed by atoms with Crippen LogP contribution in [0.2, 0.25) is 0 Å². The molecule has 2 N–H and O–H groups in total. The highest BCUT2D eigenvalue weighted by Crippen LogP contribution is 2.30. The Bertz CT molecular complexity index is 1410. The first-order valence-corrected chi connectivity index (χ1v) is 13.2. The predicted octanol–water partition coefficient (Wildman–Crippen LogP) is 5.70. The average Bonchev–Trinajstić information content (AvgIpc) is 2.95. The lowest BCUT2D eigenvalue weighted by molar-refractivity contribution is -0.120. The molecular weight excluding hydrogens is 476 g/mol. The molecular formula is C32H36N2O4. The van der Waals surface area contributed by atoms with E-state index in [-0.39, 0.29) is 17.7 Å². The summed E-state index contributed by atoms with van der Waals surface area (Å²) in [6, 6.07) is 23.8. The molecule has 0 aliphatic rings. The van der Waals surface area contributed by atoms with E-state index in [1.165, 1.54) is 5.56 Å². The summed E-state index contributed by atoms with van der Waals surface area (Å²) >= 11 is 0. The third-order valence-electron chi connectivity index (χ3n) is 6.85. The number of aryl methyl sites for hydroxylation is 1. The van der Waals surface area contributed by atoms with Crippen LogP contribution in [0, 0.1) is 0 Å². The highest BCUT2D eigenvalue weighted by atomic mass is 16.5. The number of nitrogens with one attached hydrogen (secondary N) is 2. The minimum absolute atomic E-state index is 0.0433. The molecule has 0 spiro atoms. The lowest BCUT2D eigenvalue weighted by atomic mass is 9.97. The van der Waals surface area contributed by atoms with Crippen molar-refractivity contribution in [1.82, 2.24) is 10.6 Å². The maximum atomic E-state index is 12.9. The molecule has 0 bridgehead atoms. The number of carbonyl (C=O) groups excluding carboxylic acids is 2. The van der Waals surface area contributed by atoms with E-state index < -0.39 is 0 Å². The van der Waals surface area contributed by atoms with Crippen molar-refractivity contribution < 1.29 is 19.1 Å². The molecule has 0 aromatic heterocycles. The zero-order valence-electron chi connectivity index (χ0n) is 22.4. The van der Waals surface area contributed by atoms with Crippen LogP contribution in [-0.2, 0) is 11.2 Å². The van der Waals surface area contributed by atoms with Crippen molar-refractivity contribution in [2.75, 3.05) is 27.3 Å². The lowest BCUT2D eigenvalue weighted by Gasteiger charge is -2.15. The van der Waals surface area contributed by atoms with E-state index >= 15 is 0 Å². The monoisotopic (exact) mass is 512 g/mol. The molecule has 6 nitrogen and oxygen atoms in total. The van der Waals surface area contributed by atoms with Crippen molar-refractivity contribution in [2.24, 2.45) is 0 Å². The third kappa shape index (κ3) is 6.50. The van der Waals surface area contributed by atoms with Gasteiger partial charge in [0.15, 0.2) is 5.78 Å². The highest BCUT2D eigenvalue weighted by Gasteiger charge is 2.18. The first-order valence-electron chi connectivity index (χ1n) is 13.2. The second-order valence-corrected chi connectivity index (χ2v) is 9.41. The van der Waals surface area contributed by atoms with E-state index in [1.54, 1.807) is 14.1 Å². The second kappa shape index (κ2) is 13.1. The number of Topliss-reactive ketones (excluding diaryl/α,β-unsaturated/α-hetero) is 1. The van der Waals surface area contributed by atoms with Gasteiger partial charge in [0.05, 0.1) is 19.3 Å². The van der Waals surface area contributed by atoms with Crippen LogP contribution in [0.5, 0.6) is 11.5 Å². The van der Waals surface area contributed by atoms with Gasteiger partial charge in [0.2, 0.25) is 5.91 Å². The van der Waals surface area contributed by atoms with E-state index in [1.807, 2.05) is 49.4 Å². The van der Waals surface area contributed by atoms with Crippen LogP contribution in [-0.4, -0.2) is 45.0 Å². The lowest BCUT2D eigenvalue weighted by Crippen LogP contribution is -2.30. The Balaban J connectivity index is 1.37. The molecule has 0 aliphatic heterocycles. The number of fused-ring (bicyclic) bond motifs is 2. The Morgan fingerprint density at radius 1 is 0.842 bits per heavy atom. The van der Waals surface area contributed by atoms with Crippen LogP contribution in [0.4, 0.5) is 0 Å². The maximum Gasteiger partial charge on any atom is 0.219 e. The normalized spacial score (nSPS) is 11.9. The second-order valence-electron chi connectivity index (χ2n) is 9.41. The van der Waals surface area contributed by atoms with Gasteiger partial charge in [-0.2, -0.15) is 0 Å².